The molecule has 0 fully saturated rings. The molecule has 0 aliphatic heterocycles. The summed E-state index contributed by atoms with van der Waals surface area (Å²) in [5.41, 5.74) is 0.737. The van der Waals surface area contributed by atoms with Crippen LogP contribution >= 0.6 is 0 Å². The molecule has 0 unspecified atom stereocenters. The van der Waals surface area contributed by atoms with Crippen molar-refractivity contribution in [3.63, 3.8) is 0 Å². The fourth-order valence-corrected chi connectivity index (χ4v) is 1.44. The maximum Gasteiger partial charge on any atom is 0.252 e. The normalized spacial score (nSPS) is 11.9. The van der Waals surface area contributed by atoms with Crippen molar-refractivity contribution >= 4 is 5.91 Å². The van der Waals surface area contributed by atoms with E-state index in [0.29, 0.717) is 6.54 Å². The van der Waals surface area contributed by atoms with Crippen molar-refractivity contribution in [1.29, 1.82) is 0 Å². The Morgan fingerprint density at radius 1 is 1.41 bits per heavy atom. The lowest BCUT2D eigenvalue weighted by Gasteiger charge is -2.20. The highest BCUT2D eigenvalue weighted by atomic mass is 16.1. The van der Waals surface area contributed by atoms with Gasteiger partial charge in [-0.3, -0.25) is 4.79 Å². The minimum Gasteiger partial charge on any atom is -0.351 e. The van der Waals surface area contributed by atoms with Gasteiger partial charge in [0.25, 0.3) is 5.91 Å². The first-order valence-electron chi connectivity index (χ1n) is 5.92. The Morgan fingerprint density at radius 3 is 2.53 bits per heavy atom. The van der Waals surface area contributed by atoms with Crippen molar-refractivity contribution in [2.75, 3.05) is 27.2 Å². The predicted molar refractivity (Wildman–Crippen MR) is 70.3 cm³/mol. The third kappa shape index (κ3) is 4.23. The molecule has 0 aliphatic rings. The second kappa shape index (κ2) is 5.36. The number of hydrogen-bond acceptors (Lipinski definition) is 2. The Bertz CT molecular complexity index is 374. The van der Waals surface area contributed by atoms with Gasteiger partial charge in [-0.15, -0.1) is 0 Å². The van der Waals surface area contributed by atoms with E-state index in [1.807, 2.05) is 42.0 Å². The highest BCUT2D eigenvalue weighted by molar-refractivity contribution is 5.94. The number of carbonyl (C=O) groups excluding carboxylic acids is 1. The Kier molecular flexibility index (Phi) is 4.34. The Labute approximate surface area is 104 Å². The summed E-state index contributed by atoms with van der Waals surface area (Å²) in [5, 5.41) is 2.90. The van der Waals surface area contributed by atoms with Crippen molar-refractivity contribution in [2.45, 2.75) is 26.3 Å². The van der Waals surface area contributed by atoms with E-state index in [4.69, 9.17) is 0 Å². The summed E-state index contributed by atoms with van der Waals surface area (Å²) >= 11 is 0. The van der Waals surface area contributed by atoms with Crippen LogP contribution in [0.1, 0.15) is 31.1 Å². The summed E-state index contributed by atoms with van der Waals surface area (Å²) in [5.74, 6) is -0.00477. The molecule has 1 N–H and O–H groups in total. The number of aromatic nitrogens is 1. The molecule has 1 amide bonds. The van der Waals surface area contributed by atoms with Crippen molar-refractivity contribution in [3.8, 4) is 0 Å². The van der Waals surface area contributed by atoms with Gasteiger partial charge >= 0.3 is 0 Å². The van der Waals surface area contributed by atoms with Gasteiger partial charge in [0.1, 0.15) is 0 Å². The number of nitrogens with one attached hydrogen (secondary N) is 1. The largest absolute Gasteiger partial charge is 0.351 e. The van der Waals surface area contributed by atoms with Crippen molar-refractivity contribution in [3.05, 3.63) is 24.0 Å². The first kappa shape index (κ1) is 13.8. The van der Waals surface area contributed by atoms with E-state index in [0.717, 1.165) is 12.1 Å². The zero-order valence-corrected chi connectivity index (χ0v) is 11.4. The molecule has 0 bridgehead atoms. The van der Waals surface area contributed by atoms with E-state index in [2.05, 4.69) is 26.1 Å². The standard InChI is InChI=1S/C13H23N3O/c1-13(2,3)16-8-6-11(10-16)12(17)14-7-9-15(4)5/h6,8,10H,7,9H2,1-5H3,(H,14,17). The highest BCUT2D eigenvalue weighted by Gasteiger charge is 2.14. The topological polar surface area (TPSA) is 37.3 Å². The van der Waals surface area contributed by atoms with Gasteiger partial charge in [-0.25, -0.2) is 0 Å². The molecule has 17 heavy (non-hydrogen) atoms. The van der Waals surface area contributed by atoms with Crippen molar-refractivity contribution in [2.24, 2.45) is 0 Å². The molecule has 4 nitrogen and oxygen atoms in total. The molecule has 0 spiro atoms. The third-order valence-electron chi connectivity index (χ3n) is 2.57. The molecule has 0 radical (unpaired) electrons. The second-order valence-corrected chi connectivity index (χ2v) is 5.54. The number of likely N-dealkylation sites (N-methyl/N-ethyl adjacent to an activating group) is 1. The molecule has 1 aromatic rings. The minimum absolute atomic E-state index is 0.00477. The molecule has 0 saturated carbocycles. The molecule has 0 atom stereocenters. The summed E-state index contributed by atoms with van der Waals surface area (Å²) in [6.07, 6.45) is 3.84. The number of rotatable bonds is 4. The van der Waals surface area contributed by atoms with Gasteiger partial charge in [-0.1, -0.05) is 0 Å². The van der Waals surface area contributed by atoms with E-state index in [-0.39, 0.29) is 11.4 Å². The summed E-state index contributed by atoms with van der Waals surface area (Å²) in [6.45, 7) is 7.86. The number of amides is 1. The molecule has 1 aromatic heterocycles. The van der Waals surface area contributed by atoms with Gasteiger partial charge in [0.2, 0.25) is 0 Å². The molecular weight excluding hydrogens is 214 g/mol. The van der Waals surface area contributed by atoms with Gasteiger partial charge in [0, 0.05) is 31.0 Å². The van der Waals surface area contributed by atoms with Gasteiger partial charge in [0.05, 0.1) is 5.56 Å². The lowest BCUT2D eigenvalue weighted by atomic mass is 10.1. The molecule has 1 rings (SSSR count). The average Bonchev–Trinajstić information content (AvgIpc) is 2.64. The van der Waals surface area contributed by atoms with Gasteiger partial charge in [-0.2, -0.15) is 0 Å². The smallest absolute Gasteiger partial charge is 0.252 e. The number of carbonyl (C=O) groups is 1. The van der Waals surface area contributed by atoms with Crippen LogP contribution in [0.2, 0.25) is 0 Å². The Hall–Kier alpha value is -1.29. The second-order valence-electron chi connectivity index (χ2n) is 5.54. The van der Waals surface area contributed by atoms with Crippen LogP contribution in [0.25, 0.3) is 0 Å². The number of hydrogen-bond donors (Lipinski definition) is 1. The maximum atomic E-state index is 11.8. The van der Waals surface area contributed by atoms with Crippen molar-refractivity contribution in [1.82, 2.24) is 14.8 Å². The molecule has 4 heteroatoms. The van der Waals surface area contributed by atoms with Crippen LogP contribution in [-0.4, -0.2) is 42.6 Å². The fourth-order valence-electron chi connectivity index (χ4n) is 1.44. The predicted octanol–water partition coefficient (Wildman–Crippen LogP) is 1.53. The molecule has 0 saturated heterocycles. The van der Waals surface area contributed by atoms with E-state index in [1.165, 1.54) is 0 Å². The fraction of sp³-hybridized carbons (Fsp3) is 0.615. The summed E-state index contributed by atoms with van der Waals surface area (Å²) in [7, 11) is 3.98. The maximum absolute atomic E-state index is 11.8. The van der Waals surface area contributed by atoms with Crippen LogP contribution in [0, 0.1) is 0 Å². The zero-order valence-electron chi connectivity index (χ0n) is 11.4. The van der Waals surface area contributed by atoms with Crippen LogP contribution in [-0.2, 0) is 5.54 Å². The van der Waals surface area contributed by atoms with Gasteiger partial charge < -0.3 is 14.8 Å². The Balaban J connectivity index is 2.56. The SMILES string of the molecule is CN(C)CCNC(=O)c1ccn(C(C)(C)C)c1. The van der Waals surface area contributed by atoms with Crippen LogP contribution in [0.5, 0.6) is 0 Å². The summed E-state index contributed by atoms with van der Waals surface area (Å²) in [6, 6.07) is 1.86. The molecular formula is C13H23N3O. The van der Waals surface area contributed by atoms with Gasteiger partial charge in [0.15, 0.2) is 0 Å². The van der Waals surface area contributed by atoms with Crippen LogP contribution in [0.3, 0.4) is 0 Å². The lowest BCUT2D eigenvalue weighted by Crippen LogP contribution is -2.31. The van der Waals surface area contributed by atoms with E-state index < -0.39 is 0 Å². The third-order valence-corrected chi connectivity index (χ3v) is 2.57. The van der Waals surface area contributed by atoms with E-state index in [1.54, 1.807) is 0 Å². The Morgan fingerprint density at radius 2 is 2.06 bits per heavy atom. The molecule has 1 heterocycles. The monoisotopic (exact) mass is 237 g/mol. The van der Waals surface area contributed by atoms with Crippen LogP contribution in [0.15, 0.2) is 18.5 Å². The highest BCUT2D eigenvalue weighted by Crippen LogP contribution is 2.15. The quantitative estimate of drug-likeness (QED) is 0.862. The number of nitrogens with zero attached hydrogens (tertiary/aromatic N) is 2. The molecule has 96 valence electrons. The molecule has 0 aromatic carbocycles. The van der Waals surface area contributed by atoms with Gasteiger partial charge in [-0.05, 0) is 40.9 Å². The van der Waals surface area contributed by atoms with Crippen LogP contribution in [0.4, 0.5) is 0 Å². The minimum atomic E-state index is -0.00477. The first-order chi connectivity index (χ1) is 7.80. The molecule has 0 aliphatic carbocycles. The summed E-state index contributed by atoms with van der Waals surface area (Å²) < 4.78 is 2.05. The lowest BCUT2D eigenvalue weighted by molar-refractivity contribution is 0.0951. The zero-order chi connectivity index (χ0) is 13.1. The summed E-state index contributed by atoms with van der Waals surface area (Å²) in [4.78, 5) is 13.9. The van der Waals surface area contributed by atoms with E-state index in [9.17, 15) is 4.79 Å². The van der Waals surface area contributed by atoms with Crippen LogP contribution < -0.4 is 5.32 Å². The van der Waals surface area contributed by atoms with E-state index >= 15 is 0 Å². The average molecular weight is 237 g/mol. The first-order valence-corrected chi connectivity index (χ1v) is 5.92. The van der Waals surface area contributed by atoms with Crippen molar-refractivity contribution < 1.29 is 4.79 Å².